The molecular formula is C27H31N3O3. The SMILES string of the molecule is COc1ccc(-c2cccc(C(=O)NC3(C)CCN(Cc4ccccc4)CC3)n2)cc1OC. The van der Waals surface area contributed by atoms with Gasteiger partial charge in [-0.15, -0.1) is 0 Å². The van der Waals surface area contributed by atoms with Crippen LogP contribution in [0.1, 0.15) is 35.8 Å². The fourth-order valence-corrected chi connectivity index (χ4v) is 4.23. The molecule has 0 saturated carbocycles. The maximum absolute atomic E-state index is 13.1. The molecule has 0 bridgehead atoms. The minimum Gasteiger partial charge on any atom is -0.493 e. The lowest BCUT2D eigenvalue weighted by Crippen LogP contribution is -2.53. The van der Waals surface area contributed by atoms with E-state index >= 15 is 0 Å². The van der Waals surface area contributed by atoms with Gasteiger partial charge in [-0.05, 0) is 55.7 Å². The Kier molecular flexibility index (Phi) is 6.94. The zero-order valence-corrected chi connectivity index (χ0v) is 19.5. The first-order chi connectivity index (χ1) is 16.0. The van der Waals surface area contributed by atoms with Crippen molar-refractivity contribution in [3.63, 3.8) is 0 Å². The van der Waals surface area contributed by atoms with Crippen LogP contribution in [0.15, 0.2) is 66.7 Å². The standard InChI is InChI=1S/C27H31N3O3/c1-27(14-16-30(17-15-27)19-20-8-5-4-6-9-20)29-26(31)23-11-7-10-22(28-23)21-12-13-24(32-2)25(18-21)33-3/h4-13,18H,14-17,19H2,1-3H3,(H,29,31). The second-order valence-electron chi connectivity index (χ2n) is 8.75. The highest BCUT2D eigenvalue weighted by molar-refractivity contribution is 5.93. The maximum atomic E-state index is 13.1. The molecule has 2 heterocycles. The Balaban J connectivity index is 1.41. The molecule has 1 N–H and O–H groups in total. The first kappa shape index (κ1) is 22.8. The lowest BCUT2D eigenvalue weighted by atomic mass is 9.89. The van der Waals surface area contributed by atoms with Crippen molar-refractivity contribution in [3.05, 3.63) is 78.0 Å². The van der Waals surface area contributed by atoms with Crippen molar-refractivity contribution in [3.8, 4) is 22.8 Å². The number of rotatable bonds is 7. The Morgan fingerprint density at radius 2 is 1.70 bits per heavy atom. The van der Waals surface area contributed by atoms with Gasteiger partial charge in [0.2, 0.25) is 0 Å². The predicted octanol–water partition coefficient (Wildman–Crippen LogP) is 4.55. The predicted molar refractivity (Wildman–Crippen MR) is 130 cm³/mol. The number of likely N-dealkylation sites (tertiary alicyclic amines) is 1. The Bertz CT molecular complexity index is 1090. The van der Waals surface area contributed by atoms with E-state index in [9.17, 15) is 4.79 Å². The molecule has 4 rings (SSSR count). The summed E-state index contributed by atoms with van der Waals surface area (Å²) in [6, 6.07) is 21.6. The van der Waals surface area contributed by atoms with Crippen LogP contribution in [0.25, 0.3) is 11.3 Å². The second-order valence-corrected chi connectivity index (χ2v) is 8.75. The van der Waals surface area contributed by atoms with Crippen LogP contribution in [0.5, 0.6) is 11.5 Å². The number of hydrogen-bond donors (Lipinski definition) is 1. The van der Waals surface area contributed by atoms with Crippen molar-refractivity contribution in [2.24, 2.45) is 0 Å². The molecule has 0 atom stereocenters. The van der Waals surface area contributed by atoms with Crippen molar-refractivity contribution in [1.82, 2.24) is 15.2 Å². The molecule has 0 aliphatic carbocycles. The number of aromatic nitrogens is 1. The van der Waals surface area contributed by atoms with Crippen molar-refractivity contribution < 1.29 is 14.3 Å². The third-order valence-electron chi connectivity index (χ3n) is 6.28. The van der Waals surface area contributed by atoms with E-state index in [0.717, 1.165) is 38.0 Å². The fraction of sp³-hybridized carbons (Fsp3) is 0.333. The summed E-state index contributed by atoms with van der Waals surface area (Å²) in [6.07, 6.45) is 1.81. The second kappa shape index (κ2) is 10.0. The van der Waals surface area contributed by atoms with E-state index in [0.29, 0.717) is 22.9 Å². The summed E-state index contributed by atoms with van der Waals surface area (Å²) in [7, 11) is 3.21. The van der Waals surface area contributed by atoms with E-state index < -0.39 is 0 Å². The van der Waals surface area contributed by atoms with Gasteiger partial charge in [0.15, 0.2) is 11.5 Å². The van der Waals surface area contributed by atoms with E-state index in [1.54, 1.807) is 20.3 Å². The monoisotopic (exact) mass is 445 g/mol. The quantitative estimate of drug-likeness (QED) is 0.578. The van der Waals surface area contributed by atoms with Crippen molar-refractivity contribution in [1.29, 1.82) is 0 Å². The first-order valence-electron chi connectivity index (χ1n) is 11.3. The van der Waals surface area contributed by atoms with Crippen molar-refractivity contribution >= 4 is 5.91 Å². The molecule has 1 amide bonds. The molecular weight excluding hydrogens is 414 g/mol. The zero-order chi connectivity index (χ0) is 23.3. The minimum absolute atomic E-state index is 0.142. The molecule has 2 aromatic carbocycles. The smallest absolute Gasteiger partial charge is 0.270 e. The van der Waals surface area contributed by atoms with E-state index in [1.165, 1.54) is 5.56 Å². The Hall–Kier alpha value is -3.38. The third-order valence-corrected chi connectivity index (χ3v) is 6.28. The highest BCUT2D eigenvalue weighted by atomic mass is 16.5. The van der Waals surface area contributed by atoms with Gasteiger partial charge >= 0.3 is 0 Å². The number of hydrogen-bond acceptors (Lipinski definition) is 5. The third kappa shape index (κ3) is 5.52. The van der Waals surface area contributed by atoms with Crippen LogP contribution in [0, 0.1) is 0 Å². The molecule has 0 unspecified atom stereocenters. The summed E-state index contributed by atoms with van der Waals surface area (Å²) in [5.41, 5.74) is 3.07. The number of carbonyl (C=O) groups excluding carboxylic acids is 1. The fourth-order valence-electron chi connectivity index (χ4n) is 4.23. The Labute approximate surface area is 195 Å². The molecule has 1 fully saturated rings. The van der Waals surface area contributed by atoms with Gasteiger partial charge in [0.25, 0.3) is 5.91 Å². The van der Waals surface area contributed by atoms with Crippen molar-refractivity contribution in [2.75, 3.05) is 27.3 Å². The Morgan fingerprint density at radius 3 is 2.39 bits per heavy atom. The summed E-state index contributed by atoms with van der Waals surface area (Å²) in [6.45, 7) is 4.97. The molecule has 3 aromatic rings. The van der Waals surface area contributed by atoms with Crippen LogP contribution in [0.3, 0.4) is 0 Å². The van der Waals surface area contributed by atoms with Crippen LogP contribution < -0.4 is 14.8 Å². The highest BCUT2D eigenvalue weighted by Crippen LogP contribution is 2.31. The van der Waals surface area contributed by atoms with E-state index in [-0.39, 0.29) is 11.4 Å². The molecule has 33 heavy (non-hydrogen) atoms. The highest BCUT2D eigenvalue weighted by Gasteiger charge is 2.32. The molecule has 1 aliphatic rings. The Morgan fingerprint density at radius 1 is 0.970 bits per heavy atom. The van der Waals surface area contributed by atoms with Crippen LogP contribution in [0.2, 0.25) is 0 Å². The minimum atomic E-state index is -0.245. The van der Waals surface area contributed by atoms with E-state index in [1.807, 2.05) is 36.4 Å². The number of benzene rings is 2. The molecule has 6 heteroatoms. The average molecular weight is 446 g/mol. The van der Waals surface area contributed by atoms with Crippen LogP contribution in [0.4, 0.5) is 0 Å². The van der Waals surface area contributed by atoms with Gasteiger partial charge in [0.05, 0.1) is 19.9 Å². The topological polar surface area (TPSA) is 63.7 Å². The lowest BCUT2D eigenvalue weighted by Gasteiger charge is -2.40. The molecule has 1 aromatic heterocycles. The normalized spacial score (nSPS) is 15.6. The number of amides is 1. The summed E-state index contributed by atoms with van der Waals surface area (Å²) >= 11 is 0. The number of nitrogens with zero attached hydrogens (tertiary/aromatic N) is 2. The molecule has 1 aliphatic heterocycles. The van der Waals surface area contributed by atoms with Gasteiger partial charge in [0.1, 0.15) is 5.69 Å². The summed E-state index contributed by atoms with van der Waals surface area (Å²) in [5, 5.41) is 3.24. The molecule has 1 saturated heterocycles. The molecule has 0 spiro atoms. The summed E-state index contributed by atoms with van der Waals surface area (Å²) < 4.78 is 10.7. The van der Waals surface area contributed by atoms with Crippen LogP contribution in [-0.2, 0) is 6.54 Å². The van der Waals surface area contributed by atoms with Crippen LogP contribution in [-0.4, -0.2) is 48.6 Å². The van der Waals surface area contributed by atoms with Gasteiger partial charge in [0, 0.05) is 30.7 Å². The molecule has 6 nitrogen and oxygen atoms in total. The van der Waals surface area contributed by atoms with Crippen LogP contribution >= 0.6 is 0 Å². The van der Waals surface area contributed by atoms with Gasteiger partial charge in [-0.25, -0.2) is 4.98 Å². The summed E-state index contributed by atoms with van der Waals surface area (Å²) in [4.78, 5) is 20.1. The van der Waals surface area contributed by atoms with Crippen molar-refractivity contribution in [2.45, 2.75) is 31.8 Å². The largest absolute Gasteiger partial charge is 0.493 e. The lowest BCUT2D eigenvalue weighted by molar-refractivity contribution is 0.0823. The maximum Gasteiger partial charge on any atom is 0.270 e. The average Bonchev–Trinajstić information content (AvgIpc) is 2.85. The number of methoxy groups -OCH3 is 2. The van der Waals surface area contributed by atoms with E-state index in [4.69, 9.17) is 9.47 Å². The number of nitrogens with one attached hydrogen (secondary N) is 1. The number of piperidine rings is 1. The molecule has 0 radical (unpaired) electrons. The number of carbonyl (C=O) groups is 1. The molecule has 172 valence electrons. The zero-order valence-electron chi connectivity index (χ0n) is 19.5. The number of ether oxygens (including phenoxy) is 2. The first-order valence-corrected chi connectivity index (χ1v) is 11.3. The van der Waals surface area contributed by atoms with Gasteiger partial charge in [-0.2, -0.15) is 0 Å². The van der Waals surface area contributed by atoms with Gasteiger partial charge < -0.3 is 14.8 Å². The van der Waals surface area contributed by atoms with E-state index in [2.05, 4.69) is 46.4 Å². The van der Waals surface area contributed by atoms with Gasteiger partial charge in [-0.1, -0.05) is 36.4 Å². The number of pyridine rings is 1. The van der Waals surface area contributed by atoms with Gasteiger partial charge in [-0.3, -0.25) is 9.69 Å². The summed E-state index contributed by atoms with van der Waals surface area (Å²) in [5.74, 6) is 1.14.